The van der Waals surface area contributed by atoms with Crippen LogP contribution in [-0.4, -0.2) is 20.3 Å². The highest BCUT2D eigenvalue weighted by Gasteiger charge is 2.50. The Kier molecular flexibility index (Phi) is 3.90. The van der Waals surface area contributed by atoms with Gasteiger partial charge in [0.25, 0.3) is 0 Å². The molecule has 0 saturated carbocycles. The number of hydrogen-bond acceptors (Lipinski definition) is 3. The third-order valence-corrected chi connectivity index (χ3v) is 5.98. The van der Waals surface area contributed by atoms with Crippen LogP contribution < -0.4 is 14.4 Å². The zero-order valence-corrected chi connectivity index (χ0v) is 15.6. The summed E-state index contributed by atoms with van der Waals surface area (Å²) in [5.41, 5.74) is 4.03. The first-order chi connectivity index (χ1) is 12.1. The van der Waals surface area contributed by atoms with E-state index in [0.29, 0.717) is 5.92 Å². The van der Waals surface area contributed by atoms with E-state index in [9.17, 15) is 0 Å². The fourth-order valence-electron chi connectivity index (χ4n) is 4.69. The molecule has 2 aromatic rings. The van der Waals surface area contributed by atoms with Crippen LogP contribution in [0.1, 0.15) is 44.4 Å². The van der Waals surface area contributed by atoms with Crippen molar-refractivity contribution in [3.05, 3.63) is 53.6 Å². The van der Waals surface area contributed by atoms with Crippen LogP contribution in [0.3, 0.4) is 0 Å². The van der Waals surface area contributed by atoms with E-state index in [4.69, 9.17) is 9.47 Å². The van der Waals surface area contributed by atoms with Crippen LogP contribution in [0.5, 0.6) is 11.5 Å². The lowest BCUT2D eigenvalue weighted by molar-refractivity contribution is 0.119. The van der Waals surface area contributed by atoms with Crippen LogP contribution in [0.15, 0.2) is 42.5 Å². The molecule has 4 rings (SSSR count). The lowest BCUT2D eigenvalue weighted by Crippen LogP contribution is -2.51. The molecule has 0 amide bonds. The molecule has 0 aliphatic carbocycles. The summed E-state index contributed by atoms with van der Waals surface area (Å²) in [7, 11) is 1.76. The molecule has 25 heavy (non-hydrogen) atoms. The van der Waals surface area contributed by atoms with E-state index in [1.807, 2.05) is 6.07 Å². The average molecular weight is 337 g/mol. The van der Waals surface area contributed by atoms with Crippen LogP contribution in [0.25, 0.3) is 0 Å². The zero-order chi connectivity index (χ0) is 17.6. The Morgan fingerprint density at radius 2 is 1.96 bits per heavy atom. The molecule has 2 unspecified atom stereocenters. The highest BCUT2D eigenvalue weighted by atomic mass is 16.5. The summed E-state index contributed by atoms with van der Waals surface area (Å²) in [5.74, 6) is 2.29. The van der Waals surface area contributed by atoms with Gasteiger partial charge in [-0.1, -0.05) is 45.0 Å². The van der Waals surface area contributed by atoms with Crippen molar-refractivity contribution in [2.75, 3.05) is 25.2 Å². The average Bonchev–Trinajstić information content (AvgIpc) is 2.64. The van der Waals surface area contributed by atoms with Crippen LogP contribution >= 0.6 is 0 Å². The second-order valence-corrected chi connectivity index (χ2v) is 7.67. The maximum Gasteiger partial charge on any atom is 0.128 e. The first kappa shape index (κ1) is 16.3. The number of rotatable bonds is 3. The maximum atomic E-state index is 6.21. The molecule has 0 bridgehead atoms. The predicted molar refractivity (Wildman–Crippen MR) is 102 cm³/mol. The number of ether oxygens (including phenoxy) is 2. The second kappa shape index (κ2) is 5.98. The summed E-state index contributed by atoms with van der Waals surface area (Å²) in [6.45, 7) is 8.74. The molecule has 3 heteroatoms. The minimum atomic E-state index is 0.0457. The number of benzene rings is 2. The molecule has 0 aromatic heterocycles. The van der Waals surface area contributed by atoms with Gasteiger partial charge in [-0.2, -0.15) is 0 Å². The summed E-state index contributed by atoms with van der Waals surface area (Å²) in [5, 5.41) is 0. The van der Waals surface area contributed by atoms with Crippen molar-refractivity contribution in [1.82, 2.24) is 0 Å². The van der Waals surface area contributed by atoms with Gasteiger partial charge in [0.1, 0.15) is 11.5 Å². The molecular formula is C22H27NO2. The predicted octanol–water partition coefficient (Wildman–Crippen LogP) is 4.95. The Morgan fingerprint density at radius 3 is 2.72 bits per heavy atom. The molecule has 0 spiro atoms. The van der Waals surface area contributed by atoms with E-state index in [-0.39, 0.29) is 11.5 Å². The van der Waals surface area contributed by atoms with E-state index in [2.05, 4.69) is 62.1 Å². The molecule has 2 atom stereocenters. The van der Waals surface area contributed by atoms with Gasteiger partial charge in [-0.3, -0.25) is 0 Å². The third-order valence-electron chi connectivity index (χ3n) is 5.98. The molecular weight excluding hydrogens is 310 g/mol. The van der Waals surface area contributed by atoms with Crippen LogP contribution in [0, 0.1) is 5.92 Å². The fourth-order valence-corrected chi connectivity index (χ4v) is 4.69. The Bertz CT molecular complexity index is 769. The van der Waals surface area contributed by atoms with E-state index >= 15 is 0 Å². The number of hydrogen-bond donors (Lipinski definition) is 0. The number of nitrogens with zero attached hydrogens (tertiary/aromatic N) is 1. The van der Waals surface area contributed by atoms with E-state index < -0.39 is 0 Å². The molecule has 3 nitrogen and oxygen atoms in total. The fraction of sp³-hybridized carbons (Fsp3) is 0.455. The van der Waals surface area contributed by atoms with Crippen LogP contribution in [0.2, 0.25) is 0 Å². The highest BCUT2D eigenvalue weighted by molar-refractivity contribution is 5.64. The maximum absolute atomic E-state index is 6.21. The normalized spacial score (nSPS) is 23.1. The molecule has 2 heterocycles. The Balaban J connectivity index is 1.96. The minimum Gasteiger partial charge on any atom is -0.496 e. The lowest BCUT2D eigenvalue weighted by atomic mass is 9.64. The molecule has 0 fully saturated rings. The van der Waals surface area contributed by atoms with E-state index in [1.54, 1.807) is 7.11 Å². The zero-order valence-electron chi connectivity index (χ0n) is 15.6. The highest BCUT2D eigenvalue weighted by Crippen LogP contribution is 2.56. The number of fused-ring (bicyclic) bond motifs is 4. The number of methoxy groups -OCH3 is 1. The van der Waals surface area contributed by atoms with E-state index in [1.165, 1.54) is 16.8 Å². The van der Waals surface area contributed by atoms with Gasteiger partial charge in [-0.25, -0.2) is 0 Å². The standard InChI is InChI=1S/C22H27NO2/c1-5-13-23-17-10-7-6-9-15(17)22(2,3)16-14-25-19-12-8-11-18(24-4)20(19)21(16)23/h6-12,16,21H,5,13-14H2,1-4H3. The van der Waals surface area contributed by atoms with Gasteiger partial charge >= 0.3 is 0 Å². The van der Waals surface area contributed by atoms with Gasteiger partial charge < -0.3 is 14.4 Å². The smallest absolute Gasteiger partial charge is 0.128 e. The van der Waals surface area contributed by atoms with Gasteiger partial charge in [-0.15, -0.1) is 0 Å². The van der Waals surface area contributed by atoms with Crippen molar-refractivity contribution in [2.45, 2.75) is 38.6 Å². The van der Waals surface area contributed by atoms with Gasteiger partial charge in [0.05, 0.1) is 25.3 Å². The van der Waals surface area contributed by atoms with Crippen LogP contribution in [-0.2, 0) is 5.41 Å². The molecule has 2 aliphatic rings. The summed E-state index contributed by atoms with van der Waals surface area (Å²) in [4.78, 5) is 2.58. The molecule has 0 N–H and O–H groups in total. The molecule has 2 aliphatic heterocycles. The van der Waals surface area contributed by atoms with Crippen LogP contribution in [0.4, 0.5) is 5.69 Å². The van der Waals surface area contributed by atoms with Gasteiger partial charge in [-0.05, 0) is 30.2 Å². The Morgan fingerprint density at radius 1 is 1.16 bits per heavy atom. The SMILES string of the molecule is CCCN1c2ccccc2C(C)(C)C2COc3cccc(OC)c3C21. The third kappa shape index (κ3) is 2.32. The summed E-state index contributed by atoms with van der Waals surface area (Å²) in [6.07, 6.45) is 1.11. The Hall–Kier alpha value is -2.16. The van der Waals surface area contributed by atoms with Crippen molar-refractivity contribution in [1.29, 1.82) is 0 Å². The topological polar surface area (TPSA) is 21.7 Å². The summed E-state index contributed by atoms with van der Waals surface area (Å²) < 4.78 is 11.9. The van der Waals surface area contributed by atoms with Crippen molar-refractivity contribution in [2.24, 2.45) is 5.92 Å². The van der Waals surface area contributed by atoms with Crippen molar-refractivity contribution in [3.8, 4) is 11.5 Å². The first-order valence-corrected chi connectivity index (χ1v) is 9.25. The van der Waals surface area contributed by atoms with E-state index in [0.717, 1.165) is 31.1 Å². The minimum absolute atomic E-state index is 0.0457. The molecule has 2 aromatic carbocycles. The summed E-state index contributed by atoms with van der Waals surface area (Å²) in [6, 6.07) is 15.3. The molecule has 132 valence electrons. The van der Waals surface area contributed by atoms with Crippen molar-refractivity contribution >= 4 is 5.69 Å². The molecule has 0 saturated heterocycles. The van der Waals surface area contributed by atoms with Crippen molar-refractivity contribution < 1.29 is 9.47 Å². The quantitative estimate of drug-likeness (QED) is 0.791. The van der Waals surface area contributed by atoms with Gasteiger partial charge in [0.2, 0.25) is 0 Å². The lowest BCUT2D eigenvalue weighted by Gasteiger charge is -2.53. The second-order valence-electron chi connectivity index (χ2n) is 7.67. The summed E-state index contributed by atoms with van der Waals surface area (Å²) >= 11 is 0. The number of para-hydroxylation sites is 1. The first-order valence-electron chi connectivity index (χ1n) is 9.25. The van der Waals surface area contributed by atoms with Gasteiger partial charge in [0.15, 0.2) is 0 Å². The Labute approximate surface area is 150 Å². The van der Waals surface area contributed by atoms with Crippen molar-refractivity contribution in [3.63, 3.8) is 0 Å². The van der Waals surface area contributed by atoms with Gasteiger partial charge in [0, 0.05) is 23.6 Å². The molecule has 0 radical (unpaired) electrons. The monoisotopic (exact) mass is 337 g/mol. The largest absolute Gasteiger partial charge is 0.496 e. The number of anilines is 1.